The van der Waals surface area contributed by atoms with Crippen molar-refractivity contribution in [3.8, 4) is 0 Å². The maximum absolute atomic E-state index is 12.9. The lowest BCUT2D eigenvalue weighted by Gasteiger charge is -2.32. The summed E-state index contributed by atoms with van der Waals surface area (Å²) in [6.07, 6.45) is 5.39. The highest BCUT2D eigenvalue weighted by molar-refractivity contribution is 5.98. The Labute approximate surface area is 140 Å². The molecule has 0 aliphatic carbocycles. The van der Waals surface area contributed by atoms with Gasteiger partial charge in [-0.05, 0) is 50.1 Å². The van der Waals surface area contributed by atoms with Crippen LogP contribution in [-0.2, 0) is 0 Å². The quantitative estimate of drug-likeness (QED) is 0.724. The number of hydrogen-bond donors (Lipinski definition) is 0. The lowest BCUT2D eigenvalue weighted by atomic mass is 9.94. The number of carbonyl (C=O) groups excluding carboxylic acids is 1. The fourth-order valence-corrected chi connectivity index (χ4v) is 3.44. The average molecular weight is 321 g/mol. The van der Waals surface area contributed by atoms with Gasteiger partial charge in [0.05, 0.1) is 0 Å². The first-order valence-corrected chi connectivity index (χ1v) is 8.26. The van der Waals surface area contributed by atoms with E-state index >= 15 is 0 Å². The van der Waals surface area contributed by atoms with Crippen molar-refractivity contribution in [1.29, 1.82) is 0 Å². The van der Waals surface area contributed by atoms with Crippen molar-refractivity contribution in [2.45, 2.75) is 25.7 Å². The molecule has 1 atom stereocenters. The topological polar surface area (TPSA) is 59.2 Å². The molecular formula is C19H19N3O2. The first-order valence-electron chi connectivity index (χ1n) is 8.26. The fraction of sp³-hybridized carbons (Fsp3) is 0.316. The zero-order valence-electron chi connectivity index (χ0n) is 13.6. The Hall–Kier alpha value is -2.69. The van der Waals surface area contributed by atoms with Crippen molar-refractivity contribution in [1.82, 2.24) is 14.9 Å². The van der Waals surface area contributed by atoms with Crippen LogP contribution in [0, 0.1) is 6.92 Å². The third-order valence-electron chi connectivity index (χ3n) is 4.62. The normalized spacial score (nSPS) is 18.0. The van der Waals surface area contributed by atoms with Gasteiger partial charge in [-0.1, -0.05) is 0 Å². The van der Waals surface area contributed by atoms with Gasteiger partial charge in [0.2, 0.25) is 0 Å². The number of aromatic nitrogens is 2. The SMILES string of the molecule is Cc1cc2cc(C(=O)N3CCCC(c4ccncn4)C3)ccc2o1. The smallest absolute Gasteiger partial charge is 0.253 e. The Morgan fingerprint density at radius 1 is 1.29 bits per heavy atom. The van der Waals surface area contributed by atoms with Crippen molar-refractivity contribution in [3.05, 3.63) is 59.9 Å². The standard InChI is InChI=1S/C19H19N3O2/c1-13-9-16-10-14(4-5-18(16)24-13)19(23)22-8-2-3-15(11-22)17-6-7-20-12-21-17/h4-7,9-10,12,15H,2-3,8,11H2,1H3. The Kier molecular flexibility index (Phi) is 3.76. The first kappa shape index (κ1) is 14.9. The third kappa shape index (κ3) is 2.77. The summed E-state index contributed by atoms with van der Waals surface area (Å²) in [5.41, 5.74) is 2.55. The van der Waals surface area contributed by atoms with Crippen molar-refractivity contribution in [2.75, 3.05) is 13.1 Å². The maximum atomic E-state index is 12.9. The molecule has 0 saturated carbocycles. The number of piperidine rings is 1. The summed E-state index contributed by atoms with van der Waals surface area (Å²) in [7, 11) is 0. The molecule has 1 aliphatic rings. The number of aryl methyl sites for hydroxylation is 1. The van der Waals surface area contributed by atoms with E-state index in [4.69, 9.17) is 4.42 Å². The summed E-state index contributed by atoms with van der Waals surface area (Å²) < 4.78 is 5.58. The van der Waals surface area contributed by atoms with Crippen LogP contribution >= 0.6 is 0 Å². The molecule has 5 nitrogen and oxygen atoms in total. The van der Waals surface area contributed by atoms with E-state index in [9.17, 15) is 4.79 Å². The van der Waals surface area contributed by atoms with Crippen molar-refractivity contribution in [3.63, 3.8) is 0 Å². The Balaban J connectivity index is 1.56. The number of fused-ring (bicyclic) bond motifs is 1. The van der Waals surface area contributed by atoms with E-state index < -0.39 is 0 Å². The highest BCUT2D eigenvalue weighted by atomic mass is 16.3. The van der Waals surface area contributed by atoms with Gasteiger partial charge in [-0.25, -0.2) is 9.97 Å². The molecule has 4 rings (SSSR count). The second-order valence-electron chi connectivity index (χ2n) is 6.33. The summed E-state index contributed by atoms with van der Waals surface area (Å²) in [6, 6.07) is 9.55. The molecule has 0 radical (unpaired) electrons. The summed E-state index contributed by atoms with van der Waals surface area (Å²) in [5.74, 6) is 1.22. The van der Waals surface area contributed by atoms with Crippen LogP contribution in [0.3, 0.4) is 0 Å². The van der Waals surface area contributed by atoms with Crippen LogP contribution in [0.5, 0.6) is 0 Å². The van der Waals surface area contributed by atoms with E-state index in [1.807, 2.05) is 42.2 Å². The molecular weight excluding hydrogens is 302 g/mol. The van der Waals surface area contributed by atoms with Gasteiger partial charge < -0.3 is 9.32 Å². The second-order valence-corrected chi connectivity index (χ2v) is 6.33. The van der Waals surface area contributed by atoms with Gasteiger partial charge in [0.25, 0.3) is 5.91 Å². The largest absolute Gasteiger partial charge is 0.461 e. The minimum Gasteiger partial charge on any atom is -0.461 e. The zero-order valence-corrected chi connectivity index (χ0v) is 13.6. The number of furan rings is 1. The molecule has 0 N–H and O–H groups in total. The zero-order chi connectivity index (χ0) is 16.5. The van der Waals surface area contributed by atoms with E-state index in [0.717, 1.165) is 41.8 Å². The van der Waals surface area contributed by atoms with E-state index in [0.29, 0.717) is 12.1 Å². The number of amides is 1. The highest BCUT2D eigenvalue weighted by Crippen LogP contribution is 2.27. The molecule has 1 fully saturated rings. The third-order valence-corrected chi connectivity index (χ3v) is 4.62. The van der Waals surface area contributed by atoms with E-state index in [1.54, 1.807) is 12.5 Å². The van der Waals surface area contributed by atoms with Crippen molar-refractivity contribution in [2.24, 2.45) is 0 Å². The molecule has 1 unspecified atom stereocenters. The second kappa shape index (κ2) is 6.07. The van der Waals surface area contributed by atoms with Gasteiger partial charge >= 0.3 is 0 Å². The summed E-state index contributed by atoms with van der Waals surface area (Å²) in [4.78, 5) is 23.1. The average Bonchev–Trinajstić information content (AvgIpc) is 3.01. The maximum Gasteiger partial charge on any atom is 0.253 e. The first-order chi connectivity index (χ1) is 11.7. The van der Waals surface area contributed by atoms with Gasteiger partial charge in [0.15, 0.2) is 0 Å². The highest BCUT2D eigenvalue weighted by Gasteiger charge is 2.26. The summed E-state index contributed by atoms with van der Waals surface area (Å²) in [5, 5.41) is 0.975. The monoisotopic (exact) mass is 321 g/mol. The van der Waals surface area contributed by atoms with E-state index in [2.05, 4.69) is 9.97 Å². The van der Waals surface area contributed by atoms with Crippen LogP contribution < -0.4 is 0 Å². The molecule has 1 aromatic carbocycles. The molecule has 0 bridgehead atoms. The lowest BCUT2D eigenvalue weighted by Crippen LogP contribution is -2.39. The summed E-state index contributed by atoms with van der Waals surface area (Å²) in [6.45, 7) is 3.42. The molecule has 3 aromatic rings. The molecule has 5 heteroatoms. The van der Waals surface area contributed by atoms with Crippen LogP contribution in [0.25, 0.3) is 11.0 Å². The minimum absolute atomic E-state index is 0.0782. The lowest BCUT2D eigenvalue weighted by molar-refractivity contribution is 0.0706. The Bertz CT molecular complexity index is 873. The molecule has 0 spiro atoms. The van der Waals surface area contributed by atoms with Crippen molar-refractivity contribution >= 4 is 16.9 Å². The number of likely N-dealkylation sites (tertiary alicyclic amines) is 1. The van der Waals surface area contributed by atoms with Crippen LogP contribution in [0.1, 0.15) is 40.6 Å². The molecule has 24 heavy (non-hydrogen) atoms. The van der Waals surface area contributed by atoms with E-state index in [-0.39, 0.29) is 11.8 Å². The number of hydrogen-bond acceptors (Lipinski definition) is 4. The van der Waals surface area contributed by atoms with E-state index in [1.165, 1.54) is 0 Å². The van der Waals surface area contributed by atoms with Gasteiger partial charge in [0.1, 0.15) is 17.7 Å². The summed E-state index contributed by atoms with van der Waals surface area (Å²) >= 11 is 0. The number of nitrogens with zero attached hydrogens (tertiary/aromatic N) is 3. The van der Waals surface area contributed by atoms with Gasteiger partial charge in [-0.15, -0.1) is 0 Å². The predicted molar refractivity (Wildman–Crippen MR) is 90.9 cm³/mol. The fourth-order valence-electron chi connectivity index (χ4n) is 3.44. The van der Waals surface area contributed by atoms with Gasteiger partial charge in [0, 0.05) is 41.8 Å². The predicted octanol–water partition coefficient (Wildman–Crippen LogP) is 3.55. The van der Waals surface area contributed by atoms with Crippen molar-refractivity contribution < 1.29 is 9.21 Å². The van der Waals surface area contributed by atoms with Crippen LogP contribution in [0.4, 0.5) is 0 Å². The molecule has 122 valence electrons. The molecule has 1 aliphatic heterocycles. The molecule has 3 heterocycles. The van der Waals surface area contributed by atoms with Crippen LogP contribution in [0.15, 0.2) is 47.3 Å². The molecule has 1 amide bonds. The molecule has 1 saturated heterocycles. The van der Waals surface area contributed by atoms with Crippen LogP contribution in [0.2, 0.25) is 0 Å². The Morgan fingerprint density at radius 3 is 3.04 bits per heavy atom. The van der Waals surface area contributed by atoms with Gasteiger partial charge in [-0.2, -0.15) is 0 Å². The molecule has 2 aromatic heterocycles. The Morgan fingerprint density at radius 2 is 2.21 bits per heavy atom. The van der Waals surface area contributed by atoms with Crippen LogP contribution in [-0.4, -0.2) is 33.9 Å². The van der Waals surface area contributed by atoms with Gasteiger partial charge in [-0.3, -0.25) is 4.79 Å². The number of carbonyl (C=O) groups is 1. The number of rotatable bonds is 2. The minimum atomic E-state index is 0.0782. The number of benzene rings is 1.